The molecule has 1 saturated carbocycles. The molecule has 2 aliphatic rings. The summed E-state index contributed by atoms with van der Waals surface area (Å²) in [7, 11) is 0. The molecule has 2 rings (SSSR count). The molecule has 15 heavy (non-hydrogen) atoms. The fraction of sp³-hybridized carbons (Fsp3) is 0.900. The van der Waals surface area contributed by atoms with Gasteiger partial charge in [0.25, 0.3) is 0 Å². The molecule has 1 heterocycles. The molecule has 0 aromatic carbocycles. The van der Waals surface area contributed by atoms with E-state index in [2.05, 4.69) is 16.8 Å². The van der Waals surface area contributed by atoms with Crippen LogP contribution in [-0.2, 0) is 0 Å². The number of nitrogens with zero attached hydrogens (tertiary/aromatic N) is 2. The predicted molar refractivity (Wildman–Crippen MR) is 69.2 cm³/mol. The summed E-state index contributed by atoms with van der Waals surface area (Å²) in [5.74, 6) is 0.791. The lowest BCUT2D eigenvalue weighted by molar-refractivity contribution is 0.254. The summed E-state index contributed by atoms with van der Waals surface area (Å²) in [5, 5.41) is 0. The summed E-state index contributed by atoms with van der Waals surface area (Å²) in [6.45, 7) is 3.14. The highest BCUT2D eigenvalue weighted by atomic mass is 35.5. The molecule has 0 bridgehead atoms. The number of rotatable bonds is 2. The Morgan fingerprint density at radius 3 is 2.47 bits per heavy atom. The van der Waals surface area contributed by atoms with E-state index in [0.29, 0.717) is 12.1 Å². The maximum absolute atomic E-state index is 5.90. The monoisotopic (exact) mass is 253 g/mol. The molecule has 0 amide bonds. The normalized spacial score (nSPS) is 25.8. The van der Waals surface area contributed by atoms with Gasteiger partial charge in [0.2, 0.25) is 0 Å². The average Bonchev–Trinajstić information content (AvgIpc) is 2.72. The van der Waals surface area contributed by atoms with Crippen LogP contribution in [0.3, 0.4) is 0 Å². The van der Waals surface area contributed by atoms with Gasteiger partial charge in [-0.25, -0.2) is 0 Å². The highest BCUT2D eigenvalue weighted by molar-refractivity contribution is 5.85. The number of hydrogen-bond acceptors (Lipinski definition) is 3. The molecule has 90 valence electrons. The van der Waals surface area contributed by atoms with E-state index in [0.717, 1.165) is 12.5 Å². The summed E-state index contributed by atoms with van der Waals surface area (Å²) >= 11 is 0. The van der Waals surface area contributed by atoms with Crippen LogP contribution in [0, 0.1) is 0 Å². The molecule has 1 aliphatic carbocycles. The quantitative estimate of drug-likeness (QED) is 0.820. The molecular weight excluding hydrogens is 233 g/mol. The third kappa shape index (κ3) is 2.91. The third-order valence-corrected chi connectivity index (χ3v) is 3.31. The van der Waals surface area contributed by atoms with Crippen molar-refractivity contribution in [2.75, 3.05) is 6.54 Å². The number of hydrogen-bond donors (Lipinski definition) is 1. The Morgan fingerprint density at radius 2 is 1.93 bits per heavy atom. The van der Waals surface area contributed by atoms with Gasteiger partial charge in [-0.05, 0) is 19.3 Å². The van der Waals surface area contributed by atoms with Gasteiger partial charge in [-0.3, -0.25) is 4.99 Å². The molecule has 3 nitrogen and oxygen atoms in total. The molecule has 0 aromatic heterocycles. The van der Waals surface area contributed by atoms with Gasteiger partial charge in [0.15, 0.2) is 5.96 Å². The Labute approximate surface area is 104 Å². The molecule has 1 atom stereocenters. The maximum Gasteiger partial charge on any atom is 0.191 e. The maximum atomic E-state index is 5.90. The van der Waals surface area contributed by atoms with Crippen molar-refractivity contribution in [2.24, 2.45) is 10.7 Å². The largest absolute Gasteiger partial charge is 0.370 e. The number of guanidine groups is 1. The zero-order valence-electron chi connectivity index (χ0n) is 9.19. The summed E-state index contributed by atoms with van der Waals surface area (Å²) in [4.78, 5) is 6.70. The van der Waals surface area contributed by atoms with E-state index in [9.17, 15) is 0 Å². The molecule has 5 heteroatoms. The number of halogens is 2. The molecule has 2 N–H and O–H groups in total. The molecule has 1 aliphatic heterocycles. The van der Waals surface area contributed by atoms with Crippen LogP contribution in [0.2, 0.25) is 0 Å². The lowest BCUT2D eigenvalue weighted by Crippen LogP contribution is -2.46. The van der Waals surface area contributed by atoms with Gasteiger partial charge in [0.05, 0.1) is 12.6 Å². The fourth-order valence-electron chi connectivity index (χ4n) is 2.55. The van der Waals surface area contributed by atoms with Crippen molar-refractivity contribution < 1.29 is 0 Å². The first kappa shape index (κ1) is 14.8. The van der Waals surface area contributed by atoms with E-state index in [4.69, 9.17) is 5.73 Å². The van der Waals surface area contributed by atoms with Crippen LogP contribution in [0.15, 0.2) is 4.99 Å². The first-order chi connectivity index (χ1) is 6.33. The first-order valence-electron chi connectivity index (χ1n) is 5.41. The molecule has 0 radical (unpaired) electrons. The van der Waals surface area contributed by atoms with Crippen molar-refractivity contribution in [1.82, 2.24) is 4.90 Å². The first-order valence-corrected chi connectivity index (χ1v) is 5.41. The minimum absolute atomic E-state index is 0. The SMILES string of the molecule is CCC1CN=C(N)N1C1CCCC1.Cl.Cl. The van der Waals surface area contributed by atoms with Gasteiger partial charge >= 0.3 is 0 Å². The van der Waals surface area contributed by atoms with Gasteiger partial charge in [-0.15, -0.1) is 24.8 Å². The van der Waals surface area contributed by atoms with Gasteiger partial charge in [-0.1, -0.05) is 19.8 Å². The number of nitrogens with two attached hydrogens (primary N) is 1. The zero-order valence-corrected chi connectivity index (χ0v) is 10.8. The van der Waals surface area contributed by atoms with E-state index >= 15 is 0 Å². The topological polar surface area (TPSA) is 41.6 Å². The van der Waals surface area contributed by atoms with Crippen molar-refractivity contribution >= 4 is 30.8 Å². The summed E-state index contributed by atoms with van der Waals surface area (Å²) < 4.78 is 0. The molecule has 0 aromatic rings. The highest BCUT2D eigenvalue weighted by Gasteiger charge is 2.32. The Morgan fingerprint density at radius 1 is 1.33 bits per heavy atom. The van der Waals surface area contributed by atoms with Crippen LogP contribution < -0.4 is 5.73 Å². The van der Waals surface area contributed by atoms with Crippen molar-refractivity contribution in [3.63, 3.8) is 0 Å². The van der Waals surface area contributed by atoms with Gasteiger partial charge in [0.1, 0.15) is 0 Å². The second-order valence-corrected chi connectivity index (χ2v) is 4.11. The average molecular weight is 254 g/mol. The van der Waals surface area contributed by atoms with E-state index in [1.165, 1.54) is 32.1 Å². The summed E-state index contributed by atoms with van der Waals surface area (Å²) in [6.07, 6.45) is 6.52. The Kier molecular flexibility index (Phi) is 6.37. The van der Waals surface area contributed by atoms with Crippen molar-refractivity contribution in [3.05, 3.63) is 0 Å². The van der Waals surface area contributed by atoms with E-state index < -0.39 is 0 Å². The molecule has 0 spiro atoms. The number of aliphatic imine (C=N–C) groups is 1. The molecule has 1 unspecified atom stereocenters. The molecule has 1 fully saturated rings. The highest BCUT2D eigenvalue weighted by Crippen LogP contribution is 2.27. The van der Waals surface area contributed by atoms with E-state index in [1.54, 1.807) is 0 Å². The molecular formula is C10H21Cl2N3. The Hall–Kier alpha value is -0.150. The van der Waals surface area contributed by atoms with E-state index in [1.807, 2.05) is 0 Å². The molecule has 0 saturated heterocycles. The van der Waals surface area contributed by atoms with Gasteiger partial charge in [0, 0.05) is 6.04 Å². The Balaban J connectivity index is 0.000000980. The zero-order chi connectivity index (χ0) is 9.26. The van der Waals surface area contributed by atoms with Crippen molar-refractivity contribution in [1.29, 1.82) is 0 Å². The fourth-order valence-corrected chi connectivity index (χ4v) is 2.55. The van der Waals surface area contributed by atoms with E-state index in [-0.39, 0.29) is 24.8 Å². The summed E-state index contributed by atoms with van der Waals surface area (Å²) in [6, 6.07) is 1.28. The van der Waals surface area contributed by atoms with Gasteiger partial charge in [-0.2, -0.15) is 0 Å². The second-order valence-electron chi connectivity index (χ2n) is 4.11. The van der Waals surface area contributed by atoms with Crippen LogP contribution in [0.25, 0.3) is 0 Å². The van der Waals surface area contributed by atoms with Crippen molar-refractivity contribution in [2.45, 2.75) is 51.1 Å². The van der Waals surface area contributed by atoms with Crippen LogP contribution in [0.1, 0.15) is 39.0 Å². The third-order valence-electron chi connectivity index (χ3n) is 3.31. The predicted octanol–water partition coefficient (Wildman–Crippen LogP) is 2.18. The minimum atomic E-state index is 0. The smallest absolute Gasteiger partial charge is 0.191 e. The minimum Gasteiger partial charge on any atom is -0.370 e. The van der Waals surface area contributed by atoms with Crippen LogP contribution in [0.4, 0.5) is 0 Å². The van der Waals surface area contributed by atoms with Crippen molar-refractivity contribution in [3.8, 4) is 0 Å². The Bertz CT molecular complexity index is 215. The lowest BCUT2D eigenvalue weighted by Gasteiger charge is -2.31. The second kappa shape index (κ2) is 6.44. The standard InChI is InChI=1S/C10H19N3.2ClH/c1-2-8-7-12-10(11)13(8)9-5-3-4-6-9;;/h8-9H,2-7H2,1H3,(H2,11,12);2*1H. The lowest BCUT2D eigenvalue weighted by atomic mass is 10.1. The van der Waals surface area contributed by atoms with Crippen LogP contribution in [-0.4, -0.2) is 29.5 Å². The van der Waals surface area contributed by atoms with Crippen LogP contribution >= 0.6 is 24.8 Å². The van der Waals surface area contributed by atoms with Crippen LogP contribution in [0.5, 0.6) is 0 Å². The summed E-state index contributed by atoms with van der Waals surface area (Å²) in [5.41, 5.74) is 5.90. The van der Waals surface area contributed by atoms with Gasteiger partial charge < -0.3 is 10.6 Å².